The second-order valence-corrected chi connectivity index (χ2v) is 4.07. The third-order valence-electron chi connectivity index (χ3n) is 2.60. The number of aliphatic hydroxyl groups is 1. The molecule has 1 aromatic rings. The van der Waals surface area contributed by atoms with Crippen LogP contribution in [0.25, 0.3) is 0 Å². The highest BCUT2D eigenvalue weighted by Crippen LogP contribution is 2.30. The van der Waals surface area contributed by atoms with E-state index in [-0.39, 0.29) is 6.61 Å². The second kappa shape index (κ2) is 7.35. The van der Waals surface area contributed by atoms with Crippen molar-refractivity contribution in [1.29, 1.82) is 0 Å². The molecule has 0 saturated heterocycles. The van der Waals surface area contributed by atoms with Gasteiger partial charge in [0.2, 0.25) is 0 Å². The molecule has 7 heteroatoms. The first-order valence-electron chi connectivity index (χ1n) is 5.92. The molecule has 0 bridgehead atoms. The zero-order valence-electron chi connectivity index (χ0n) is 11.2. The minimum atomic E-state index is -4.26. The third kappa shape index (κ3) is 5.26. The van der Waals surface area contributed by atoms with Crippen LogP contribution < -0.4 is 9.47 Å². The summed E-state index contributed by atoms with van der Waals surface area (Å²) < 4.78 is 50.7. The molecule has 1 N–H and O–H groups in total. The van der Waals surface area contributed by atoms with E-state index in [9.17, 15) is 18.3 Å². The van der Waals surface area contributed by atoms with Gasteiger partial charge in [0, 0.05) is 0 Å². The molecule has 0 aromatic heterocycles. The summed E-state index contributed by atoms with van der Waals surface area (Å²) >= 11 is 0. The Bertz CT molecular complexity index is 421. The lowest BCUT2D eigenvalue weighted by Crippen LogP contribution is -2.14. The van der Waals surface area contributed by atoms with Gasteiger partial charge >= 0.3 is 6.18 Å². The summed E-state index contributed by atoms with van der Waals surface area (Å²) in [4.78, 5) is 0. The molecule has 1 unspecified atom stereocenters. The highest BCUT2D eigenvalue weighted by Gasteiger charge is 2.26. The quantitative estimate of drug-likeness (QED) is 0.786. The van der Waals surface area contributed by atoms with Gasteiger partial charge in [0.1, 0.15) is 6.10 Å². The van der Waals surface area contributed by atoms with Crippen molar-refractivity contribution in [2.75, 3.05) is 27.4 Å². The van der Waals surface area contributed by atoms with Gasteiger partial charge in [0.15, 0.2) is 11.5 Å². The summed E-state index contributed by atoms with van der Waals surface area (Å²) in [6.45, 7) is -0.695. The molecular formula is C13H17F3O4. The number of ether oxygens (including phenoxy) is 3. The smallest absolute Gasteiger partial charge is 0.391 e. The normalized spacial score (nSPS) is 13.1. The predicted octanol–water partition coefficient (Wildman–Crippen LogP) is 2.71. The van der Waals surface area contributed by atoms with Crippen molar-refractivity contribution in [3.63, 3.8) is 0 Å². The van der Waals surface area contributed by atoms with Crippen LogP contribution in [0.4, 0.5) is 13.2 Å². The Morgan fingerprint density at radius 2 is 1.80 bits per heavy atom. The Morgan fingerprint density at radius 3 is 2.35 bits per heavy atom. The van der Waals surface area contributed by atoms with Crippen molar-refractivity contribution in [2.24, 2.45) is 0 Å². The number of methoxy groups -OCH3 is 2. The molecule has 0 aliphatic rings. The fraction of sp³-hybridized carbons (Fsp3) is 0.538. The van der Waals surface area contributed by atoms with Crippen LogP contribution in [0.2, 0.25) is 0 Å². The van der Waals surface area contributed by atoms with E-state index in [1.165, 1.54) is 14.2 Å². The van der Waals surface area contributed by atoms with Crippen LogP contribution in [0.15, 0.2) is 18.2 Å². The lowest BCUT2D eigenvalue weighted by Gasteiger charge is -2.15. The van der Waals surface area contributed by atoms with Crippen LogP contribution in [-0.4, -0.2) is 38.7 Å². The summed E-state index contributed by atoms with van der Waals surface area (Å²) in [5.74, 6) is 0.931. The van der Waals surface area contributed by atoms with Gasteiger partial charge in [-0.25, -0.2) is 0 Å². The lowest BCUT2D eigenvalue weighted by molar-refractivity contribution is -0.147. The zero-order chi connectivity index (χ0) is 15.2. The molecule has 114 valence electrons. The first-order chi connectivity index (χ1) is 9.37. The van der Waals surface area contributed by atoms with Crippen molar-refractivity contribution in [3.8, 4) is 11.5 Å². The topological polar surface area (TPSA) is 47.9 Å². The number of halogens is 3. The molecule has 0 aliphatic heterocycles. The van der Waals surface area contributed by atoms with Crippen LogP contribution in [-0.2, 0) is 4.74 Å². The van der Waals surface area contributed by atoms with Gasteiger partial charge in [-0.05, 0) is 17.7 Å². The maximum Gasteiger partial charge on any atom is 0.391 e. The van der Waals surface area contributed by atoms with E-state index >= 15 is 0 Å². The molecule has 1 aromatic carbocycles. The Balaban J connectivity index is 2.53. The van der Waals surface area contributed by atoms with Gasteiger partial charge in [-0.15, -0.1) is 0 Å². The Labute approximate surface area is 115 Å². The van der Waals surface area contributed by atoms with E-state index in [1.807, 2.05) is 0 Å². The van der Waals surface area contributed by atoms with Crippen LogP contribution in [0.1, 0.15) is 18.1 Å². The average molecular weight is 294 g/mol. The minimum Gasteiger partial charge on any atom is -0.493 e. The molecule has 0 saturated carbocycles. The first kappa shape index (κ1) is 16.6. The van der Waals surface area contributed by atoms with E-state index in [1.54, 1.807) is 18.2 Å². The Hall–Kier alpha value is -1.47. The molecule has 0 aliphatic carbocycles. The fourth-order valence-electron chi connectivity index (χ4n) is 1.54. The molecule has 4 nitrogen and oxygen atoms in total. The fourth-order valence-corrected chi connectivity index (χ4v) is 1.54. The molecule has 0 heterocycles. The average Bonchev–Trinajstić information content (AvgIpc) is 2.41. The molecule has 0 radical (unpaired) electrons. The third-order valence-corrected chi connectivity index (χ3v) is 2.60. The largest absolute Gasteiger partial charge is 0.493 e. The van der Waals surface area contributed by atoms with Crippen molar-refractivity contribution < 1.29 is 32.5 Å². The summed E-state index contributed by atoms with van der Waals surface area (Å²) in [5, 5.41) is 9.83. The Morgan fingerprint density at radius 1 is 1.15 bits per heavy atom. The number of aliphatic hydroxyl groups excluding tert-OH is 1. The summed E-state index contributed by atoms with van der Waals surface area (Å²) in [5.41, 5.74) is 0.481. The molecule has 0 spiro atoms. The summed E-state index contributed by atoms with van der Waals surface area (Å²) in [6, 6.07) is 4.75. The molecular weight excluding hydrogens is 277 g/mol. The predicted molar refractivity (Wildman–Crippen MR) is 66.0 cm³/mol. The van der Waals surface area contributed by atoms with Crippen molar-refractivity contribution in [2.45, 2.75) is 18.7 Å². The molecule has 0 amide bonds. The van der Waals surface area contributed by atoms with Gasteiger partial charge < -0.3 is 19.3 Å². The summed E-state index contributed by atoms with van der Waals surface area (Å²) in [7, 11) is 2.93. The van der Waals surface area contributed by atoms with Gasteiger partial charge in [-0.3, -0.25) is 0 Å². The van der Waals surface area contributed by atoms with Crippen molar-refractivity contribution in [1.82, 2.24) is 0 Å². The van der Waals surface area contributed by atoms with Crippen molar-refractivity contribution in [3.05, 3.63) is 23.8 Å². The van der Waals surface area contributed by atoms with Crippen molar-refractivity contribution >= 4 is 0 Å². The highest BCUT2D eigenvalue weighted by atomic mass is 19.4. The van der Waals surface area contributed by atoms with E-state index in [4.69, 9.17) is 14.2 Å². The number of benzene rings is 1. The maximum atomic E-state index is 11.9. The van der Waals surface area contributed by atoms with Gasteiger partial charge in [0.05, 0.1) is 33.9 Å². The second-order valence-electron chi connectivity index (χ2n) is 4.07. The number of hydrogen-bond donors (Lipinski definition) is 1. The highest BCUT2D eigenvalue weighted by molar-refractivity contribution is 5.43. The van der Waals surface area contributed by atoms with E-state index in [0.29, 0.717) is 17.1 Å². The standard InChI is InChI=1S/C13H17F3O4/c1-18-11-4-3-9(7-12(11)19-2)10(17)8-20-6-5-13(14,15)16/h3-4,7,10,17H,5-6,8H2,1-2H3. The zero-order valence-corrected chi connectivity index (χ0v) is 11.2. The van der Waals surface area contributed by atoms with Crippen LogP contribution in [0.5, 0.6) is 11.5 Å². The molecule has 1 atom stereocenters. The Kier molecular flexibility index (Phi) is 6.09. The van der Waals surface area contributed by atoms with E-state index in [2.05, 4.69) is 0 Å². The monoisotopic (exact) mass is 294 g/mol. The van der Waals surface area contributed by atoms with Crippen LogP contribution in [0, 0.1) is 0 Å². The number of alkyl halides is 3. The minimum absolute atomic E-state index is 0.217. The SMILES string of the molecule is COc1ccc(C(O)COCCC(F)(F)F)cc1OC. The van der Waals surface area contributed by atoms with Gasteiger partial charge in [-0.1, -0.05) is 6.07 Å². The van der Waals surface area contributed by atoms with Gasteiger partial charge in [0.25, 0.3) is 0 Å². The van der Waals surface area contributed by atoms with Crippen LogP contribution >= 0.6 is 0 Å². The first-order valence-corrected chi connectivity index (χ1v) is 5.92. The maximum absolute atomic E-state index is 11.9. The molecule has 1 rings (SSSR count). The van der Waals surface area contributed by atoms with E-state index in [0.717, 1.165) is 0 Å². The molecule has 20 heavy (non-hydrogen) atoms. The van der Waals surface area contributed by atoms with Crippen LogP contribution in [0.3, 0.4) is 0 Å². The number of rotatable bonds is 7. The van der Waals surface area contributed by atoms with Gasteiger partial charge in [-0.2, -0.15) is 13.2 Å². The lowest BCUT2D eigenvalue weighted by atomic mass is 10.1. The van der Waals surface area contributed by atoms with E-state index < -0.39 is 25.3 Å². The molecule has 0 fully saturated rings. The summed E-state index contributed by atoms with van der Waals surface area (Å²) in [6.07, 6.45) is -6.32. The number of hydrogen-bond acceptors (Lipinski definition) is 4.